The van der Waals surface area contributed by atoms with E-state index in [-0.39, 0.29) is 36.7 Å². The monoisotopic (exact) mass is 469 g/mol. The van der Waals surface area contributed by atoms with E-state index in [9.17, 15) is 19.2 Å². The maximum atomic E-state index is 12.7. The van der Waals surface area contributed by atoms with E-state index in [4.69, 9.17) is 0 Å². The predicted molar refractivity (Wildman–Crippen MR) is 124 cm³/mol. The lowest BCUT2D eigenvalue weighted by Crippen LogP contribution is -2.44. The Morgan fingerprint density at radius 1 is 1.21 bits per heavy atom. The zero-order chi connectivity index (χ0) is 23.6. The predicted octanol–water partition coefficient (Wildman–Crippen LogP) is 3.20. The van der Waals surface area contributed by atoms with Crippen LogP contribution in [0.1, 0.15) is 57.6 Å². The Hall–Kier alpha value is -3.27. The van der Waals surface area contributed by atoms with Crippen LogP contribution in [0.2, 0.25) is 0 Å². The first-order valence-electron chi connectivity index (χ1n) is 11.0. The summed E-state index contributed by atoms with van der Waals surface area (Å²) in [5.74, 6) is -0.604. The molecule has 3 N–H and O–H groups in total. The van der Waals surface area contributed by atoms with Crippen molar-refractivity contribution in [3.63, 3.8) is 0 Å². The third-order valence-corrected chi connectivity index (χ3v) is 6.90. The second-order valence-corrected chi connectivity index (χ2v) is 9.41. The Labute approximate surface area is 196 Å². The number of urea groups is 1. The first kappa shape index (κ1) is 22.9. The minimum absolute atomic E-state index is 0.0138. The second kappa shape index (κ2) is 9.30. The van der Waals surface area contributed by atoms with Crippen molar-refractivity contribution in [2.75, 3.05) is 11.9 Å². The van der Waals surface area contributed by atoms with Gasteiger partial charge in [0.15, 0.2) is 5.13 Å². The summed E-state index contributed by atoms with van der Waals surface area (Å²) in [5, 5.41) is 10.7. The van der Waals surface area contributed by atoms with Crippen molar-refractivity contribution >= 4 is 40.2 Å². The van der Waals surface area contributed by atoms with Gasteiger partial charge in [0, 0.05) is 30.8 Å². The molecule has 1 saturated heterocycles. The molecule has 1 aromatic carbocycles. The SMILES string of the molecule is CC(=O)NC(C)c1ccc(-c2csc(NC(=O)CCN3C(=O)NC4(CCCC4)C3=O)n2)cc1. The lowest BCUT2D eigenvalue weighted by Gasteiger charge is -2.19. The molecule has 2 aliphatic rings. The lowest BCUT2D eigenvalue weighted by molar-refractivity contribution is -0.131. The number of hydrogen-bond acceptors (Lipinski definition) is 6. The first-order valence-corrected chi connectivity index (χ1v) is 11.9. The van der Waals surface area contributed by atoms with Gasteiger partial charge in [-0.3, -0.25) is 19.3 Å². The van der Waals surface area contributed by atoms with Crippen LogP contribution in [-0.2, 0) is 14.4 Å². The number of nitrogens with zero attached hydrogens (tertiary/aromatic N) is 2. The number of nitrogens with one attached hydrogen (secondary N) is 3. The number of thiazole rings is 1. The van der Waals surface area contributed by atoms with E-state index in [0.717, 1.165) is 34.6 Å². The van der Waals surface area contributed by atoms with Crippen molar-refractivity contribution in [3.8, 4) is 11.3 Å². The van der Waals surface area contributed by atoms with Crippen LogP contribution >= 0.6 is 11.3 Å². The van der Waals surface area contributed by atoms with Gasteiger partial charge < -0.3 is 16.0 Å². The molecule has 10 heteroatoms. The zero-order valence-corrected chi connectivity index (χ0v) is 19.5. The molecule has 1 atom stereocenters. The Kier molecular flexibility index (Phi) is 6.46. The van der Waals surface area contributed by atoms with Gasteiger partial charge in [-0.1, -0.05) is 37.1 Å². The van der Waals surface area contributed by atoms with E-state index >= 15 is 0 Å². The van der Waals surface area contributed by atoms with Crippen LogP contribution in [0.4, 0.5) is 9.93 Å². The Morgan fingerprint density at radius 2 is 1.91 bits per heavy atom. The molecule has 1 spiro atoms. The van der Waals surface area contributed by atoms with Gasteiger partial charge in [-0.25, -0.2) is 9.78 Å². The molecule has 1 aromatic heterocycles. The number of carbonyl (C=O) groups excluding carboxylic acids is 4. The smallest absolute Gasteiger partial charge is 0.325 e. The molecular formula is C23H27N5O4S. The molecular weight excluding hydrogens is 442 g/mol. The molecule has 2 aromatic rings. The fourth-order valence-electron chi connectivity index (χ4n) is 4.39. The summed E-state index contributed by atoms with van der Waals surface area (Å²) in [6, 6.07) is 7.21. The van der Waals surface area contributed by atoms with Crippen LogP contribution in [0, 0.1) is 0 Å². The highest BCUT2D eigenvalue weighted by Crippen LogP contribution is 2.35. The molecule has 2 fully saturated rings. The maximum absolute atomic E-state index is 12.7. The molecule has 1 aliphatic carbocycles. The minimum atomic E-state index is -0.757. The summed E-state index contributed by atoms with van der Waals surface area (Å²) in [5.41, 5.74) is 1.85. The summed E-state index contributed by atoms with van der Waals surface area (Å²) >= 11 is 1.31. The third-order valence-electron chi connectivity index (χ3n) is 6.14. The van der Waals surface area contributed by atoms with Crippen LogP contribution in [0.3, 0.4) is 0 Å². The summed E-state index contributed by atoms with van der Waals surface area (Å²) in [4.78, 5) is 54.1. The maximum Gasteiger partial charge on any atom is 0.325 e. The number of anilines is 1. The largest absolute Gasteiger partial charge is 0.350 e. The molecule has 4 rings (SSSR count). The molecule has 9 nitrogen and oxygen atoms in total. The average Bonchev–Trinajstić information content (AvgIpc) is 3.48. The highest BCUT2D eigenvalue weighted by Gasteiger charge is 2.52. The van der Waals surface area contributed by atoms with Crippen molar-refractivity contribution in [2.24, 2.45) is 0 Å². The van der Waals surface area contributed by atoms with Gasteiger partial charge in [-0.05, 0) is 25.3 Å². The van der Waals surface area contributed by atoms with E-state index in [1.165, 1.54) is 18.3 Å². The first-order chi connectivity index (χ1) is 15.8. The molecule has 1 unspecified atom stereocenters. The molecule has 33 heavy (non-hydrogen) atoms. The minimum Gasteiger partial charge on any atom is -0.350 e. The fourth-order valence-corrected chi connectivity index (χ4v) is 5.12. The van der Waals surface area contributed by atoms with Crippen LogP contribution < -0.4 is 16.0 Å². The normalized spacial score (nSPS) is 17.8. The zero-order valence-electron chi connectivity index (χ0n) is 18.6. The van der Waals surface area contributed by atoms with E-state index in [1.54, 1.807) is 0 Å². The number of hydrogen-bond donors (Lipinski definition) is 3. The highest BCUT2D eigenvalue weighted by molar-refractivity contribution is 7.14. The standard InChI is InChI=1S/C23H27N5O4S/c1-14(24-15(2)29)16-5-7-17(8-6-16)18-13-33-21(25-18)26-19(30)9-12-28-20(31)23(27-22(28)32)10-3-4-11-23/h5-8,13-14H,3-4,9-12H2,1-2H3,(H,24,29)(H,27,32)(H,25,26,30). The summed E-state index contributed by atoms with van der Waals surface area (Å²) in [7, 11) is 0. The molecule has 1 aliphatic heterocycles. The van der Waals surface area contributed by atoms with E-state index in [2.05, 4.69) is 20.9 Å². The number of carbonyl (C=O) groups is 4. The number of imide groups is 1. The highest BCUT2D eigenvalue weighted by atomic mass is 32.1. The van der Waals surface area contributed by atoms with Crippen LogP contribution in [0.15, 0.2) is 29.6 Å². The number of aromatic nitrogens is 1. The van der Waals surface area contributed by atoms with Crippen molar-refractivity contribution in [3.05, 3.63) is 35.2 Å². The van der Waals surface area contributed by atoms with E-state index in [1.807, 2.05) is 36.6 Å². The van der Waals surface area contributed by atoms with Gasteiger partial charge in [0.25, 0.3) is 5.91 Å². The molecule has 0 radical (unpaired) electrons. The molecule has 0 bridgehead atoms. The van der Waals surface area contributed by atoms with Gasteiger partial charge in [0.1, 0.15) is 5.54 Å². The number of rotatable bonds is 7. The van der Waals surface area contributed by atoms with Gasteiger partial charge in [0.05, 0.1) is 11.7 Å². The van der Waals surface area contributed by atoms with Gasteiger partial charge in [0.2, 0.25) is 11.8 Å². The molecule has 2 heterocycles. The Balaban J connectivity index is 1.31. The average molecular weight is 470 g/mol. The quantitative estimate of drug-likeness (QED) is 0.538. The Morgan fingerprint density at radius 3 is 2.58 bits per heavy atom. The van der Waals surface area contributed by atoms with Crippen LogP contribution in [0.25, 0.3) is 11.3 Å². The summed E-state index contributed by atoms with van der Waals surface area (Å²) < 4.78 is 0. The van der Waals surface area contributed by atoms with Crippen molar-refractivity contribution in [2.45, 2.75) is 57.5 Å². The summed E-state index contributed by atoms with van der Waals surface area (Å²) in [6.45, 7) is 3.45. The van der Waals surface area contributed by atoms with Gasteiger partial charge >= 0.3 is 6.03 Å². The molecule has 1 saturated carbocycles. The van der Waals surface area contributed by atoms with E-state index < -0.39 is 11.6 Å². The molecule has 174 valence electrons. The van der Waals surface area contributed by atoms with E-state index in [0.29, 0.717) is 18.0 Å². The molecule has 5 amide bonds. The number of benzene rings is 1. The van der Waals surface area contributed by atoms with Gasteiger partial charge in [-0.2, -0.15) is 0 Å². The van der Waals surface area contributed by atoms with Crippen LogP contribution in [-0.4, -0.2) is 45.7 Å². The fraction of sp³-hybridized carbons (Fsp3) is 0.435. The third kappa shape index (κ3) is 4.90. The van der Waals surface area contributed by atoms with Crippen molar-refractivity contribution in [1.29, 1.82) is 0 Å². The Bertz CT molecular complexity index is 1070. The van der Waals surface area contributed by atoms with Crippen molar-refractivity contribution in [1.82, 2.24) is 20.5 Å². The topological polar surface area (TPSA) is 121 Å². The van der Waals surface area contributed by atoms with Crippen molar-refractivity contribution < 1.29 is 19.2 Å². The summed E-state index contributed by atoms with van der Waals surface area (Å²) in [6.07, 6.45) is 3.18. The second-order valence-electron chi connectivity index (χ2n) is 8.56. The van der Waals surface area contributed by atoms with Gasteiger partial charge in [-0.15, -0.1) is 11.3 Å². The number of amides is 5. The van der Waals surface area contributed by atoms with Crippen LogP contribution in [0.5, 0.6) is 0 Å². The lowest BCUT2D eigenvalue weighted by atomic mass is 9.98.